The smallest absolute Gasteiger partial charge is 0.134 e. The lowest BCUT2D eigenvalue weighted by Gasteiger charge is -2.26. The fraction of sp³-hybridized carbons (Fsp3) is 0.733. The van der Waals surface area contributed by atoms with E-state index in [0.717, 1.165) is 36.0 Å². The highest BCUT2D eigenvalue weighted by molar-refractivity contribution is 5.57. The minimum Gasteiger partial charge on any atom is -0.374 e. The van der Waals surface area contributed by atoms with Crippen LogP contribution in [-0.4, -0.2) is 35.3 Å². The summed E-state index contributed by atoms with van der Waals surface area (Å²) in [6.45, 7) is 14.6. The molecule has 5 nitrogen and oxygen atoms in total. The van der Waals surface area contributed by atoms with Crippen LogP contribution in [0.15, 0.2) is 0 Å². The van der Waals surface area contributed by atoms with Crippen LogP contribution in [0.2, 0.25) is 0 Å². The maximum absolute atomic E-state index is 5.70. The Labute approximate surface area is 122 Å². The summed E-state index contributed by atoms with van der Waals surface area (Å²) >= 11 is 0. The molecule has 0 atom stereocenters. The van der Waals surface area contributed by atoms with Crippen molar-refractivity contribution in [2.24, 2.45) is 0 Å². The first-order valence-corrected chi connectivity index (χ1v) is 7.42. The summed E-state index contributed by atoms with van der Waals surface area (Å²) in [7, 11) is 0. The predicted molar refractivity (Wildman–Crippen MR) is 84.5 cm³/mol. The first-order valence-electron chi connectivity index (χ1n) is 7.42. The molecule has 1 rings (SSSR count). The largest absolute Gasteiger partial charge is 0.374 e. The molecule has 0 bridgehead atoms. The van der Waals surface area contributed by atoms with Gasteiger partial charge in [0.25, 0.3) is 0 Å². The molecule has 2 N–H and O–H groups in total. The van der Waals surface area contributed by atoms with E-state index in [9.17, 15) is 0 Å². The van der Waals surface area contributed by atoms with E-state index in [-0.39, 0.29) is 5.60 Å². The lowest BCUT2D eigenvalue weighted by atomic mass is 10.1. The second kappa shape index (κ2) is 7.43. The van der Waals surface area contributed by atoms with E-state index in [1.165, 1.54) is 0 Å². The molecule has 0 amide bonds. The zero-order chi connectivity index (χ0) is 15.2. The van der Waals surface area contributed by atoms with Gasteiger partial charge < -0.3 is 15.4 Å². The quantitative estimate of drug-likeness (QED) is 0.766. The molecule has 0 spiro atoms. The van der Waals surface area contributed by atoms with E-state index in [2.05, 4.69) is 48.3 Å². The molecule has 1 aromatic heterocycles. The van der Waals surface area contributed by atoms with Gasteiger partial charge in [-0.05, 0) is 34.6 Å². The summed E-state index contributed by atoms with van der Waals surface area (Å²) in [4.78, 5) is 9.11. The second-order valence-corrected chi connectivity index (χ2v) is 5.39. The molecule has 1 heterocycles. The molecule has 20 heavy (non-hydrogen) atoms. The molecule has 0 fully saturated rings. The van der Waals surface area contributed by atoms with Gasteiger partial charge in [0.1, 0.15) is 17.5 Å². The van der Waals surface area contributed by atoms with Gasteiger partial charge in [-0.25, -0.2) is 9.97 Å². The van der Waals surface area contributed by atoms with Crippen molar-refractivity contribution < 1.29 is 4.74 Å². The van der Waals surface area contributed by atoms with Crippen molar-refractivity contribution in [1.29, 1.82) is 0 Å². The third kappa shape index (κ3) is 4.63. The molecule has 1 aromatic rings. The average Bonchev–Trinajstić information content (AvgIpc) is 2.40. The molecule has 0 radical (unpaired) electrons. The highest BCUT2D eigenvalue weighted by Gasteiger charge is 2.19. The van der Waals surface area contributed by atoms with Crippen molar-refractivity contribution in [3.63, 3.8) is 0 Å². The number of rotatable bonds is 8. The van der Waals surface area contributed by atoms with E-state index in [4.69, 9.17) is 4.74 Å². The number of nitrogens with zero attached hydrogens (tertiary/aromatic N) is 2. The molecule has 114 valence electrons. The average molecular weight is 280 g/mol. The van der Waals surface area contributed by atoms with Crippen LogP contribution in [-0.2, 0) is 11.2 Å². The molecule has 0 aliphatic rings. The van der Waals surface area contributed by atoms with Gasteiger partial charge in [-0.15, -0.1) is 0 Å². The second-order valence-electron chi connectivity index (χ2n) is 5.39. The number of anilines is 2. The van der Waals surface area contributed by atoms with Crippen molar-refractivity contribution in [2.45, 2.75) is 53.6 Å². The third-order valence-corrected chi connectivity index (χ3v) is 3.07. The van der Waals surface area contributed by atoms with E-state index in [1.807, 2.05) is 13.8 Å². The standard InChI is InChI=1S/C15H28N4O/c1-7-12-18-13(16-8-2)11(4)14(19-12)17-10-15(5,6)20-9-3/h7-10H2,1-6H3,(H2,16,17,18,19). The number of aromatic nitrogens is 2. The predicted octanol–water partition coefficient (Wildman–Crippen LogP) is 3.01. The molecule has 0 unspecified atom stereocenters. The Hall–Kier alpha value is -1.36. The minimum absolute atomic E-state index is 0.211. The highest BCUT2D eigenvalue weighted by Crippen LogP contribution is 2.21. The lowest BCUT2D eigenvalue weighted by molar-refractivity contribution is 0.000632. The Morgan fingerprint density at radius 1 is 1.05 bits per heavy atom. The highest BCUT2D eigenvalue weighted by atomic mass is 16.5. The van der Waals surface area contributed by atoms with Crippen LogP contribution < -0.4 is 10.6 Å². The SMILES string of the molecule is CCNc1nc(CC)nc(NCC(C)(C)OCC)c1C. The van der Waals surface area contributed by atoms with Gasteiger partial charge >= 0.3 is 0 Å². The zero-order valence-corrected chi connectivity index (χ0v) is 13.6. The third-order valence-electron chi connectivity index (χ3n) is 3.07. The maximum atomic E-state index is 5.70. The van der Waals surface area contributed by atoms with Crippen molar-refractivity contribution in [3.05, 3.63) is 11.4 Å². The van der Waals surface area contributed by atoms with Crippen LogP contribution in [0.3, 0.4) is 0 Å². The molecule has 0 aromatic carbocycles. The monoisotopic (exact) mass is 280 g/mol. The van der Waals surface area contributed by atoms with Gasteiger partial charge in [-0.2, -0.15) is 0 Å². The number of nitrogens with one attached hydrogen (secondary N) is 2. The fourth-order valence-electron chi connectivity index (χ4n) is 1.97. The van der Waals surface area contributed by atoms with E-state index in [0.29, 0.717) is 13.2 Å². The van der Waals surface area contributed by atoms with Gasteiger partial charge in [-0.3, -0.25) is 0 Å². The number of hydrogen-bond donors (Lipinski definition) is 2. The molecule has 5 heteroatoms. The van der Waals surface area contributed by atoms with Crippen LogP contribution in [0, 0.1) is 6.92 Å². The van der Waals surface area contributed by atoms with Crippen LogP contribution in [0.5, 0.6) is 0 Å². The van der Waals surface area contributed by atoms with E-state index >= 15 is 0 Å². The molecule has 0 saturated carbocycles. The summed E-state index contributed by atoms with van der Waals surface area (Å²) < 4.78 is 5.70. The van der Waals surface area contributed by atoms with Gasteiger partial charge in [0.05, 0.1) is 5.60 Å². The van der Waals surface area contributed by atoms with Gasteiger partial charge in [-0.1, -0.05) is 6.92 Å². The summed E-state index contributed by atoms with van der Waals surface area (Å²) in [5, 5.41) is 6.69. The Bertz CT molecular complexity index is 432. The summed E-state index contributed by atoms with van der Waals surface area (Å²) in [5.41, 5.74) is 0.841. The van der Waals surface area contributed by atoms with Gasteiger partial charge in [0, 0.05) is 31.7 Å². The van der Waals surface area contributed by atoms with Crippen LogP contribution in [0.1, 0.15) is 46.0 Å². The molecule has 0 aliphatic heterocycles. The van der Waals surface area contributed by atoms with Crippen LogP contribution in [0.25, 0.3) is 0 Å². The maximum Gasteiger partial charge on any atom is 0.134 e. The normalized spacial score (nSPS) is 11.5. The lowest BCUT2D eigenvalue weighted by Crippen LogP contribution is -2.34. The molecular formula is C15H28N4O. The Balaban J connectivity index is 2.90. The van der Waals surface area contributed by atoms with E-state index in [1.54, 1.807) is 0 Å². The van der Waals surface area contributed by atoms with Crippen LogP contribution >= 0.6 is 0 Å². The Kier molecular flexibility index (Phi) is 6.20. The first-order chi connectivity index (χ1) is 9.43. The van der Waals surface area contributed by atoms with Gasteiger partial charge in [0.2, 0.25) is 0 Å². The van der Waals surface area contributed by atoms with Crippen molar-refractivity contribution in [1.82, 2.24) is 9.97 Å². The molecule has 0 aliphatic carbocycles. The molecular weight excluding hydrogens is 252 g/mol. The number of ether oxygens (including phenoxy) is 1. The summed E-state index contributed by atoms with van der Waals surface area (Å²) in [6.07, 6.45) is 0.822. The number of hydrogen-bond acceptors (Lipinski definition) is 5. The first kappa shape index (κ1) is 16.7. The summed E-state index contributed by atoms with van der Waals surface area (Å²) in [5.74, 6) is 2.65. The van der Waals surface area contributed by atoms with Crippen LogP contribution in [0.4, 0.5) is 11.6 Å². The van der Waals surface area contributed by atoms with E-state index < -0.39 is 0 Å². The topological polar surface area (TPSA) is 59.1 Å². The number of aryl methyl sites for hydroxylation is 1. The van der Waals surface area contributed by atoms with Gasteiger partial charge in [0.15, 0.2) is 0 Å². The minimum atomic E-state index is -0.211. The Morgan fingerprint density at radius 3 is 2.15 bits per heavy atom. The van der Waals surface area contributed by atoms with Crippen molar-refractivity contribution in [3.8, 4) is 0 Å². The fourth-order valence-corrected chi connectivity index (χ4v) is 1.97. The zero-order valence-electron chi connectivity index (χ0n) is 13.6. The Morgan fingerprint density at radius 2 is 1.65 bits per heavy atom. The molecule has 0 saturated heterocycles. The summed E-state index contributed by atoms with van der Waals surface area (Å²) in [6, 6.07) is 0. The van der Waals surface area contributed by atoms with Crippen molar-refractivity contribution >= 4 is 11.6 Å². The van der Waals surface area contributed by atoms with Crippen molar-refractivity contribution in [2.75, 3.05) is 30.3 Å².